The maximum atomic E-state index is 15.1. The number of benzene rings is 6. The zero-order valence-electron chi connectivity index (χ0n) is 28.7. The van der Waals surface area contributed by atoms with E-state index in [9.17, 15) is 0 Å². The third-order valence-electron chi connectivity index (χ3n) is 9.55. The molecule has 256 valence electrons. The molecule has 7 heteroatoms. The third kappa shape index (κ3) is 5.73. The Kier molecular flexibility index (Phi) is 8.79. The van der Waals surface area contributed by atoms with Crippen molar-refractivity contribution < 1.29 is 30.4 Å². The summed E-state index contributed by atoms with van der Waals surface area (Å²) in [7, 11) is -3.23. The number of pyridine rings is 1. The van der Waals surface area contributed by atoms with Gasteiger partial charge >= 0.3 is 21.1 Å². The van der Waals surface area contributed by atoms with Crippen LogP contribution in [0.4, 0.5) is 0 Å². The molecule has 0 aliphatic heterocycles. The van der Waals surface area contributed by atoms with E-state index in [0.29, 0.717) is 16.8 Å². The molecular formula is C45H33N2O2PPtS. The zero-order chi connectivity index (χ0) is 34.7. The number of fused-ring (bicyclic) bond motifs is 7. The molecule has 0 aliphatic carbocycles. The maximum Gasteiger partial charge on any atom is 2.00 e. The van der Waals surface area contributed by atoms with Crippen molar-refractivity contribution in [2.75, 3.05) is 0 Å². The minimum Gasteiger partial charge on any atom is -0.509 e. The molecule has 9 rings (SSSR count). The van der Waals surface area contributed by atoms with Crippen molar-refractivity contribution >= 4 is 76.4 Å². The topological polar surface area (TPSA) is 44.1 Å². The molecule has 0 fully saturated rings. The summed E-state index contributed by atoms with van der Waals surface area (Å²) in [5.41, 5.74) is 3.09. The summed E-state index contributed by atoms with van der Waals surface area (Å²) in [6, 6.07) is 53.3. The number of thiophene rings is 1. The van der Waals surface area contributed by atoms with Crippen LogP contribution in [0.1, 0.15) is 26.3 Å². The first-order valence-corrected chi connectivity index (χ1v) is 19.5. The minimum atomic E-state index is -3.23. The van der Waals surface area contributed by atoms with Gasteiger partial charge in [-0.25, -0.2) is 4.98 Å². The Morgan fingerprint density at radius 1 is 0.692 bits per heavy atom. The molecule has 0 saturated heterocycles. The molecule has 0 amide bonds. The van der Waals surface area contributed by atoms with Gasteiger partial charge in [-0.3, -0.25) is 0 Å². The molecular weight excluding hydrogens is 859 g/mol. The number of hydrogen-bond acceptors (Lipinski definition) is 4. The van der Waals surface area contributed by atoms with Crippen molar-refractivity contribution in [3.05, 3.63) is 163 Å². The summed E-state index contributed by atoms with van der Waals surface area (Å²) < 4.78 is 26.3. The van der Waals surface area contributed by atoms with Gasteiger partial charge in [0.15, 0.2) is 0 Å². The minimum absolute atomic E-state index is 0. The molecule has 3 heterocycles. The fourth-order valence-electron chi connectivity index (χ4n) is 6.99. The summed E-state index contributed by atoms with van der Waals surface area (Å²) in [4.78, 5) is 4.90. The van der Waals surface area contributed by atoms with E-state index in [4.69, 9.17) is 9.72 Å². The van der Waals surface area contributed by atoms with E-state index in [2.05, 4.69) is 92.1 Å². The Bertz CT molecular complexity index is 2760. The summed E-state index contributed by atoms with van der Waals surface area (Å²) >= 11 is 1.82. The first-order chi connectivity index (χ1) is 24.8. The van der Waals surface area contributed by atoms with E-state index in [1.54, 1.807) is 0 Å². The maximum absolute atomic E-state index is 15.1. The van der Waals surface area contributed by atoms with Gasteiger partial charge in [-0.2, -0.15) is 18.2 Å². The van der Waals surface area contributed by atoms with Gasteiger partial charge in [0, 0.05) is 54.0 Å². The second kappa shape index (κ2) is 13.3. The van der Waals surface area contributed by atoms with Crippen molar-refractivity contribution in [2.45, 2.75) is 26.2 Å². The largest absolute Gasteiger partial charge is 2.00 e. The number of aromatic nitrogens is 2. The molecule has 0 unspecified atom stereocenters. The van der Waals surface area contributed by atoms with E-state index >= 15 is 4.57 Å². The fraction of sp³-hybridized carbons (Fsp3) is 0.0889. The van der Waals surface area contributed by atoms with Crippen LogP contribution >= 0.6 is 18.5 Å². The van der Waals surface area contributed by atoms with Crippen molar-refractivity contribution in [1.82, 2.24) is 9.55 Å². The molecule has 52 heavy (non-hydrogen) atoms. The SMILES string of the molecule is CC(C)(C)c1ccnc(-n2c3[c-]c(Oc4[c-]c(P(=O)(c5ccccc5)c5ccccc5)ccc4)ccc3c3c4sc5ccccc5c4ccc32)c1.[Pt+2]. The normalized spacial score (nSPS) is 12.1. The summed E-state index contributed by atoms with van der Waals surface area (Å²) in [6.45, 7) is 6.65. The van der Waals surface area contributed by atoms with Gasteiger partial charge in [-0.05, 0) is 40.6 Å². The molecule has 4 nitrogen and oxygen atoms in total. The Morgan fingerprint density at radius 2 is 1.37 bits per heavy atom. The van der Waals surface area contributed by atoms with Crippen molar-refractivity contribution in [3.63, 3.8) is 0 Å². The van der Waals surface area contributed by atoms with Crippen molar-refractivity contribution in [3.8, 4) is 17.3 Å². The number of nitrogens with zero attached hydrogens (tertiary/aromatic N) is 2. The molecule has 0 aliphatic rings. The van der Waals surface area contributed by atoms with Gasteiger partial charge in [0.25, 0.3) is 0 Å². The molecule has 0 spiro atoms. The number of hydrogen-bond donors (Lipinski definition) is 0. The van der Waals surface area contributed by atoms with Crippen LogP contribution < -0.4 is 20.7 Å². The average molecular weight is 892 g/mol. The second-order valence-corrected chi connectivity index (χ2v) is 17.6. The molecule has 9 aromatic rings. The molecule has 0 atom stereocenters. The summed E-state index contributed by atoms with van der Waals surface area (Å²) in [6.07, 6.45) is 1.89. The summed E-state index contributed by atoms with van der Waals surface area (Å²) in [5.74, 6) is 1.84. The van der Waals surface area contributed by atoms with Crippen LogP contribution in [-0.4, -0.2) is 9.55 Å². The molecule has 6 aromatic carbocycles. The first kappa shape index (κ1) is 34.3. The number of rotatable bonds is 6. The second-order valence-electron chi connectivity index (χ2n) is 13.8. The standard InChI is InChI=1S/C45H33N2O2PS.Pt/c1-45(2,3)30-25-26-46-42(27-30)47-39-24-23-37-36-19-10-11-20-41(36)51-44(37)43(39)38-22-21-32(29-40(38)47)49-31-13-12-18-35(28-31)50(48,33-14-6-4-7-15-33)34-16-8-5-9-17-34;/h4-27H,1-3H3;/q-2;+2. The smallest absolute Gasteiger partial charge is 0.509 e. The van der Waals surface area contributed by atoms with Crippen LogP contribution in [-0.2, 0) is 31.0 Å². The number of ether oxygens (including phenoxy) is 1. The van der Waals surface area contributed by atoms with Gasteiger partial charge in [0.1, 0.15) is 13.0 Å². The Balaban J connectivity index is 0.00000387. The van der Waals surface area contributed by atoms with Gasteiger partial charge in [-0.1, -0.05) is 117 Å². The fourth-order valence-corrected chi connectivity index (χ4v) is 10.9. The predicted molar refractivity (Wildman–Crippen MR) is 214 cm³/mol. The molecule has 3 aromatic heterocycles. The average Bonchev–Trinajstić information content (AvgIpc) is 3.70. The first-order valence-electron chi connectivity index (χ1n) is 17.0. The van der Waals surface area contributed by atoms with E-state index < -0.39 is 7.14 Å². The third-order valence-corrected chi connectivity index (χ3v) is 13.7. The molecule has 0 bridgehead atoms. The van der Waals surface area contributed by atoms with E-state index in [1.807, 2.05) is 102 Å². The van der Waals surface area contributed by atoms with E-state index in [1.165, 1.54) is 31.1 Å². The van der Waals surface area contributed by atoms with Crippen LogP contribution in [0.25, 0.3) is 47.8 Å². The van der Waals surface area contributed by atoms with Gasteiger partial charge in [0.2, 0.25) is 0 Å². The Hall–Kier alpha value is -4.79. The van der Waals surface area contributed by atoms with Gasteiger partial charge in [0.05, 0.1) is 0 Å². The van der Waals surface area contributed by atoms with Crippen molar-refractivity contribution in [2.24, 2.45) is 0 Å². The van der Waals surface area contributed by atoms with Crippen LogP contribution in [0.15, 0.2) is 146 Å². The quantitative estimate of drug-likeness (QED) is 0.123. The predicted octanol–water partition coefficient (Wildman–Crippen LogP) is 10.9. The van der Waals surface area contributed by atoms with E-state index in [0.717, 1.165) is 32.8 Å². The van der Waals surface area contributed by atoms with Gasteiger partial charge < -0.3 is 13.9 Å². The van der Waals surface area contributed by atoms with Crippen LogP contribution in [0.2, 0.25) is 0 Å². The molecule has 0 saturated carbocycles. The molecule has 0 radical (unpaired) electrons. The Morgan fingerprint density at radius 3 is 2.10 bits per heavy atom. The van der Waals surface area contributed by atoms with Crippen LogP contribution in [0.3, 0.4) is 0 Å². The summed E-state index contributed by atoms with van der Waals surface area (Å²) in [5, 5.41) is 6.84. The van der Waals surface area contributed by atoms with E-state index in [-0.39, 0.29) is 26.5 Å². The van der Waals surface area contributed by atoms with Gasteiger partial charge in [-0.15, -0.1) is 41.0 Å². The van der Waals surface area contributed by atoms with Crippen LogP contribution in [0, 0.1) is 12.1 Å². The molecule has 0 N–H and O–H groups in total. The zero-order valence-corrected chi connectivity index (χ0v) is 32.7. The Labute approximate surface area is 321 Å². The van der Waals surface area contributed by atoms with Crippen LogP contribution in [0.5, 0.6) is 11.5 Å². The van der Waals surface area contributed by atoms with Crippen molar-refractivity contribution in [1.29, 1.82) is 0 Å². The monoisotopic (exact) mass is 891 g/mol.